The van der Waals surface area contributed by atoms with Crippen LogP contribution < -0.4 is 10.0 Å². The lowest BCUT2D eigenvalue weighted by molar-refractivity contribution is -0.0523. The second kappa shape index (κ2) is 7.28. The van der Waals surface area contributed by atoms with E-state index >= 15 is 0 Å². The van der Waals surface area contributed by atoms with E-state index < -0.39 is 34.4 Å². The van der Waals surface area contributed by atoms with Crippen LogP contribution in [0.4, 0.5) is 14.5 Å². The van der Waals surface area contributed by atoms with Crippen molar-refractivity contribution in [2.75, 3.05) is 18.5 Å². The number of carbonyl (C=O) groups is 1. The van der Waals surface area contributed by atoms with E-state index in [2.05, 4.69) is 10.0 Å². The van der Waals surface area contributed by atoms with Gasteiger partial charge in [0.25, 0.3) is 5.91 Å². The van der Waals surface area contributed by atoms with Crippen LogP contribution in [0.5, 0.6) is 0 Å². The SMILES string of the molecule is Cn1cc([S+]([O-])NC2(C)COC2)c(F)c1C(=O)Nc1ccc(F)c(C#N)c1. The number of nitrogens with zero attached hydrogens (tertiary/aromatic N) is 2. The quantitative estimate of drug-likeness (QED) is 0.754. The number of nitrogens with one attached hydrogen (secondary N) is 2. The molecular weight excluding hydrogens is 378 g/mol. The van der Waals surface area contributed by atoms with Crippen LogP contribution in [0.3, 0.4) is 0 Å². The van der Waals surface area contributed by atoms with Gasteiger partial charge in [-0.15, -0.1) is 4.72 Å². The van der Waals surface area contributed by atoms with Gasteiger partial charge in [-0.05, 0) is 25.1 Å². The number of aryl methyl sites for hydroxylation is 1. The van der Waals surface area contributed by atoms with Gasteiger partial charge in [0.1, 0.15) is 23.1 Å². The number of rotatable bonds is 5. The Hall–Kier alpha value is -2.45. The number of aromatic nitrogens is 1. The average molecular weight is 394 g/mol. The maximum Gasteiger partial charge on any atom is 0.275 e. The second-order valence-electron chi connectivity index (χ2n) is 6.45. The zero-order chi connectivity index (χ0) is 19.8. The summed E-state index contributed by atoms with van der Waals surface area (Å²) in [5, 5.41) is 11.3. The van der Waals surface area contributed by atoms with Crippen molar-refractivity contribution in [3.63, 3.8) is 0 Å². The molecule has 0 spiro atoms. The standard InChI is InChI=1S/C17H16F2N4O3S/c1-17(8-26-9-17)22-27(25)13-7-23(2)15(14(13)19)16(24)21-11-3-4-12(18)10(5-11)6-20/h3-5,7,22H,8-9H2,1-2H3,(H,21,24). The van der Waals surface area contributed by atoms with E-state index in [-0.39, 0.29) is 21.8 Å². The number of ether oxygens (including phenoxy) is 1. The summed E-state index contributed by atoms with van der Waals surface area (Å²) in [5.74, 6) is -2.46. The Kier molecular flexibility index (Phi) is 5.21. The normalized spacial score (nSPS) is 16.3. The van der Waals surface area contributed by atoms with E-state index in [1.54, 1.807) is 13.0 Å². The first-order valence-corrected chi connectivity index (χ1v) is 9.02. The topological polar surface area (TPSA) is 102 Å². The molecule has 2 aromatic rings. The number of nitriles is 1. The predicted molar refractivity (Wildman–Crippen MR) is 93.2 cm³/mol. The number of carbonyl (C=O) groups excluding carboxylic acids is 1. The number of anilines is 1. The summed E-state index contributed by atoms with van der Waals surface area (Å²) in [4.78, 5) is 12.3. The monoisotopic (exact) mass is 394 g/mol. The van der Waals surface area contributed by atoms with Crippen molar-refractivity contribution in [2.45, 2.75) is 17.4 Å². The summed E-state index contributed by atoms with van der Waals surface area (Å²) in [5.41, 5.74) is -0.962. The molecule has 1 aromatic heterocycles. The van der Waals surface area contributed by atoms with E-state index in [1.807, 2.05) is 0 Å². The number of halogens is 2. The highest BCUT2D eigenvalue weighted by Crippen LogP contribution is 2.25. The van der Waals surface area contributed by atoms with Crippen LogP contribution in [0.25, 0.3) is 0 Å². The van der Waals surface area contributed by atoms with Crippen molar-refractivity contribution in [2.24, 2.45) is 7.05 Å². The lowest BCUT2D eigenvalue weighted by Gasteiger charge is -2.37. The van der Waals surface area contributed by atoms with Gasteiger partial charge in [-0.3, -0.25) is 4.79 Å². The Balaban J connectivity index is 1.81. The van der Waals surface area contributed by atoms with E-state index in [0.29, 0.717) is 13.2 Å². The molecule has 2 N–H and O–H groups in total. The molecule has 142 valence electrons. The Morgan fingerprint density at radius 3 is 2.74 bits per heavy atom. The van der Waals surface area contributed by atoms with E-state index in [0.717, 1.165) is 12.1 Å². The van der Waals surface area contributed by atoms with Crippen LogP contribution in [0.15, 0.2) is 29.3 Å². The number of hydrogen-bond donors (Lipinski definition) is 2. The largest absolute Gasteiger partial charge is 0.593 e. The molecule has 27 heavy (non-hydrogen) atoms. The third-order valence-corrected chi connectivity index (χ3v) is 5.39. The molecule has 1 fully saturated rings. The third-order valence-electron chi connectivity index (χ3n) is 4.03. The molecule has 1 aromatic carbocycles. The Labute approximate surface area is 157 Å². The van der Waals surface area contributed by atoms with Gasteiger partial charge in [0.15, 0.2) is 0 Å². The Bertz CT molecular complexity index is 937. The Morgan fingerprint density at radius 2 is 2.15 bits per heavy atom. The molecule has 3 rings (SSSR count). The fourth-order valence-electron chi connectivity index (χ4n) is 2.58. The van der Waals surface area contributed by atoms with Crippen LogP contribution >= 0.6 is 0 Å². The molecule has 1 aliphatic rings. The van der Waals surface area contributed by atoms with Gasteiger partial charge in [0, 0.05) is 12.7 Å². The maximum atomic E-state index is 14.7. The summed E-state index contributed by atoms with van der Waals surface area (Å²) in [6.45, 7) is 2.50. The van der Waals surface area contributed by atoms with Gasteiger partial charge in [-0.2, -0.15) is 9.65 Å². The second-order valence-corrected chi connectivity index (χ2v) is 7.63. The molecule has 2 heterocycles. The summed E-state index contributed by atoms with van der Waals surface area (Å²) in [6, 6.07) is 5.09. The number of benzene rings is 1. The van der Waals surface area contributed by atoms with Crippen LogP contribution in [0.2, 0.25) is 0 Å². The van der Waals surface area contributed by atoms with Gasteiger partial charge >= 0.3 is 0 Å². The molecule has 10 heteroatoms. The summed E-state index contributed by atoms with van der Waals surface area (Å²) in [6.07, 6.45) is 1.27. The minimum Gasteiger partial charge on any atom is -0.593 e. The molecule has 0 bridgehead atoms. The van der Waals surface area contributed by atoms with Gasteiger partial charge in [-0.25, -0.2) is 4.39 Å². The fraction of sp³-hybridized carbons (Fsp3) is 0.294. The first-order valence-electron chi connectivity index (χ1n) is 7.87. The first-order chi connectivity index (χ1) is 12.7. The Morgan fingerprint density at radius 1 is 1.44 bits per heavy atom. The van der Waals surface area contributed by atoms with Crippen molar-refractivity contribution in [1.82, 2.24) is 9.29 Å². The molecule has 1 unspecified atom stereocenters. The molecule has 1 aliphatic heterocycles. The highest BCUT2D eigenvalue weighted by molar-refractivity contribution is 7.89. The summed E-state index contributed by atoms with van der Waals surface area (Å²) >= 11 is -1.87. The smallest absolute Gasteiger partial charge is 0.275 e. The number of amides is 1. The molecule has 7 nitrogen and oxygen atoms in total. The van der Waals surface area contributed by atoms with E-state index in [4.69, 9.17) is 10.00 Å². The zero-order valence-electron chi connectivity index (χ0n) is 14.5. The maximum absolute atomic E-state index is 14.7. The molecule has 0 radical (unpaired) electrons. The summed E-state index contributed by atoms with van der Waals surface area (Å²) < 4.78 is 49.6. The van der Waals surface area contributed by atoms with Crippen molar-refractivity contribution in [3.8, 4) is 6.07 Å². The third kappa shape index (κ3) is 3.81. The van der Waals surface area contributed by atoms with Crippen molar-refractivity contribution < 1.29 is 22.9 Å². The number of hydrogen-bond acceptors (Lipinski definition) is 5. The fourth-order valence-corrected chi connectivity index (χ4v) is 3.77. The van der Waals surface area contributed by atoms with E-state index in [9.17, 15) is 18.1 Å². The molecular formula is C17H16F2N4O3S. The molecule has 1 atom stereocenters. The van der Waals surface area contributed by atoms with Crippen molar-refractivity contribution >= 4 is 23.0 Å². The van der Waals surface area contributed by atoms with E-state index in [1.165, 1.54) is 23.9 Å². The van der Waals surface area contributed by atoms with Gasteiger partial charge < -0.3 is 19.2 Å². The molecule has 0 saturated carbocycles. The first kappa shape index (κ1) is 19.3. The van der Waals surface area contributed by atoms with Gasteiger partial charge in [-0.1, -0.05) is 0 Å². The molecule has 0 aliphatic carbocycles. The average Bonchev–Trinajstić information content (AvgIpc) is 2.89. The van der Waals surface area contributed by atoms with Crippen molar-refractivity contribution in [1.29, 1.82) is 5.26 Å². The highest BCUT2D eigenvalue weighted by atomic mass is 32.2. The van der Waals surface area contributed by atoms with Gasteiger partial charge in [0.2, 0.25) is 10.7 Å². The predicted octanol–water partition coefficient (Wildman–Crippen LogP) is 1.83. The summed E-state index contributed by atoms with van der Waals surface area (Å²) in [7, 11) is 1.44. The minimum absolute atomic E-state index is 0.137. The van der Waals surface area contributed by atoms with Crippen LogP contribution in [0, 0.1) is 23.0 Å². The molecule has 1 amide bonds. The van der Waals surface area contributed by atoms with Gasteiger partial charge in [0.05, 0.1) is 36.3 Å². The van der Waals surface area contributed by atoms with Crippen LogP contribution in [-0.4, -0.2) is 33.8 Å². The minimum atomic E-state index is -1.87. The highest BCUT2D eigenvalue weighted by Gasteiger charge is 2.40. The zero-order valence-corrected chi connectivity index (χ0v) is 15.3. The lowest BCUT2D eigenvalue weighted by Crippen LogP contribution is -2.59. The van der Waals surface area contributed by atoms with Crippen molar-refractivity contribution in [3.05, 3.63) is 47.3 Å². The van der Waals surface area contributed by atoms with Crippen LogP contribution in [-0.2, 0) is 23.1 Å². The molecule has 1 saturated heterocycles. The van der Waals surface area contributed by atoms with Crippen LogP contribution in [0.1, 0.15) is 23.0 Å². The lowest BCUT2D eigenvalue weighted by atomic mass is 10.0.